The van der Waals surface area contributed by atoms with Gasteiger partial charge in [-0.15, -0.1) is 0 Å². The molecule has 0 fully saturated rings. The molecule has 0 atom stereocenters. The lowest BCUT2D eigenvalue weighted by atomic mass is 10.3. The van der Waals surface area contributed by atoms with E-state index in [4.69, 9.17) is 16.3 Å². The van der Waals surface area contributed by atoms with E-state index in [1.54, 1.807) is 19.9 Å². The molecule has 100 valence electrons. The summed E-state index contributed by atoms with van der Waals surface area (Å²) in [6, 6.07) is 1.56. The van der Waals surface area contributed by atoms with Gasteiger partial charge in [-0.25, -0.2) is 19.4 Å². The summed E-state index contributed by atoms with van der Waals surface area (Å²) >= 11 is 5.80. The predicted octanol–water partition coefficient (Wildman–Crippen LogP) is 2.08. The van der Waals surface area contributed by atoms with Crippen molar-refractivity contribution < 1.29 is 14.3 Å². The van der Waals surface area contributed by atoms with Crippen LogP contribution in [0.1, 0.15) is 11.4 Å². The Kier molecular flexibility index (Phi) is 3.66. The lowest BCUT2D eigenvalue weighted by molar-refractivity contribution is 0.121. The van der Waals surface area contributed by atoms with Crippen LogP contribution in [0.15, 0.2) is 12.4 Å². The van der Waals surface area contributed by atoms with Crippen molar-refractivity contribution in [2.75, 3.05) is 7.11 Å². The zero-order chi connectivity index (χ0) is 14.0. The lowest BCUT2D eigenvalue weighted by Crippen LogP contribution is -2.09. The topological polar surface area (TPSA) is 79.1 Å². The van der Waals surface area contributed by atoms with Gasteiger partial charge in [0.2, 0.25) is 0 Å². The Balaban J connectivity index is 2.44. The van der Waals surface area contributed by atoms with Gasteiger partial charge >= 0.3 is 6.16 Å². The Morgan fingerprint density at radius 1 is 1.37 bits per heavy atom. The van der Waals surface area contributed by atoms with Crippen molar-refractivity contribution in [3.8, 4) is 11.6 Å². The minimum Gasteiger partial charge on any atom is -0.437 e. The van der Waals surface area contributed by atoms with Gasteiger partial charge in [0.1, 0.15) is 17.2 Å². The third-order valence-electron chi connectivity index (χ3n) is 2.41. The fraction of sp³-hybridized carbons (Fsp3) is 0.273. The number of rotatable bonds is 2. The van der Waals surface area contributed by atoms with E-state index in [1.165, 1.54) is 18.1 Å². The fourth-order valence-electron chi connectivity index (χ4n) is 1.56. The summed E-state index contributed by atoms with van der Waals surface area (Å²) in [6.07, 6.45) is 0.529. The first-order valence-electron chi connectivity index (χ1n) is 5.33. The molecule has 0 aliphatic carbocycles. The second-order valence-corrected chi connectivity index (χ2v) is 4.05. The third-order valence-corrected chi connectivity index (χ3v) is 2.62. The van der Waals surface area contributed by atoms with E-state index < -0.39 is 6.16 Å². The molecule has 0 radical (unpaired) electrons. The molecule has 0 aliphatic heterocycles. The van der Waals surface area contributed by atoms with Crippen LogP contribution in [0.5, 0.6) is 5.75 Å². The van der Waals surface area contributed by atoms with Crippen molar-refractivity contribution in [1.82, 2.24) is 19.7 Å². The minimum atomic E-state index is -0.800. The summed E-state index contributed by atoms with van der Waals surface area (Å²) in [5, 5.41) is 4.54. The molecular formula is C11H11ClN4O3. The van der Waals surface area contributed by atoms with E-state index in [0.717, 1.165) is 0 Å². The summed E-state index contributed by atoms with van der Waals surface area (Å²) in [5.74, 6) is 0.821. The van der Waals surface area contributed by atoms with Crippen LogP contribution in [0, 0.1) is 13.8 Å². The molecule has 2 aromatic heterocycles. The highest BCUT2D eigenvalue weighted by Crippen LogP contribution is 2.25. The second kappa shape index (κ2) is 5.23. The zero-order valence-electron chi connectivity index (χ0n) is 10.5. The normalized spacial score (nSPS) is 10.3. The first-order valence-corrected chi connectivity index (χ1v) is 5.70. The molecule has 2 rings (SSSR count). The third kappa shape index (κ3) is 2.65. The van der Waals surface area contributed by atoms with Gasteiger partial charge in [-0.05, 0) is 13.8 Å². The Morgan fingerprint density at radius 3 is 2.74 bits per heavy atom. The summed E-state index contributed by atoms with van der Waals surface area (Å²) in [6.45, 7) is 3.46. The van der Waals surface area contributed by atoms with Crippen molar-refractivity contribution in [3.05, 3.63) is 28.9 Å². The van der Waals surface area contributed by atoms with Crippen LogP contribution in [-0.2, 0) is 4.74 Å². The van der Waals surface area contributed by atoms with Crippen LogP contribution in [0.2, 0.25) is 5.15 Å². The summed E-state index contributed by atoms with van der Waals surface area (Å²) < 4.78 is 11.0. The van der Waals surface area contributed by atoms with E-state index in [0.29, 0.717) is 28.1 Å². The van der Waals surface area contributed by atoms with Gasteiger partial charge in [-0.2, -0.15) is 5.10 Å². The molecule has 0 N–H and O–H groups in total. The van der Waals surface area contributed by atoms with Crippen molar-refractivity contribution in [3.63, 3.8) is 0 Å². The number of hydrogen-bond donors (Lipinski definition) is 0. The van der Waals surface area contributed by atoms with Crippen LogP contribution < -0.4 is 4.74 Å². The first kappa shape index (κ1) is 13.3. The van der Waals surface area contributed by atoms with Gasteiger partial charge in [0.05, 0.1) is 12.8 Å². The highest BCUT2D eigenvalue weighted by atomic mass is 35.5. The van der Waals surface area contributed by atoms with Crippen LogP contribution in [0.25, 0.3) is 5.82 Å². The number of hydrogen-bond acceptors (Lipinski definition) is 6. The van der Waals surface area contributed by atoms with E-state index in [2.05, 4.69) is 19.8 Å². The van der Waals surface area contributed by atoms with Crippen LogP contribution >= 0.6 is 11.6 Å². The van der Waals surface area contributed by atoms with E-state index in [1.807, 2.05) is 0 Å². The van der Waals surface area contributed by atoms with Gasteiger partial charge in [0.25, 0.3) is 0 Å². The first-order chi connectivity index (χ1) is 9.02. The SMILES string of the molecule is COC(=O)Oc1c(C)nn(-c2cc(Cl)ncn2)c1C. The minimum absolute atomic E-state index is 0.299. The lowest BCUT2D eigenvalue weighted by Gasteiger charge is -2.04. The summed E-state index contributed by atoms with van der Waals surface area (Å²) in [7, 11) is 1.24. The van der Waals surface area contributed by atoms with Gasteiger partial charge in [-0.3, -0.25) is 0 Å². The van der Waals surface area contributed by atoms with E-state index in [9.17, 15) is 4.79 Å². The number of methoxy groups -OCH3 is 1. The smallest absolute Gasteiger partial charge is 0.437 e. The maximum absolute atomic E-state index is 11.2. The number of ether oxygens (including phenoxy) is 2. The predicted molar refractivity (Wildman–Crippen MR) is 66.7 cm³/mol. The molecule has 2 heterocycles. The molecule has 0 aliphatic rings. The Labute approximate surface area is 114 Å². The molecule has 8 heteroatoms. The average molecular weight is 283 g/mol. The number of aromatic nitrogens is 4. The molecule has 0 bridgehead atoms. The quantitative estimate of drug-likeness (QED) is 0.620. The molecule has 19 heavy (non-hydrogen) atoms. The number of aryl methyl sites for hydroxylation is 1. The van der Waals surface area contributed by atoms with Gasteiger partial charge in [0.15, 0.2) is 11.6 Å². The second-order valence-electron chi connectivity index (χ2n) is 3.67. The summed E-state index contributed by atoms with van der Waals surface area (Å²) in [5.41, 5.74) is 1.15. The van der Waals surface area contributed by atoms with E-state index in [-0.39, 0.29) is 0 Å². The number of nitrogens with zero attached hydrogens (tertiary/aromatic N) is 4. The van der Waals surface area contributed by atoms with Gasteiger partial charge in [0, 0.05) is 6.07 Å². The monoisotopic (exact) mass is 282 g/mol. The Bertz CT molecular complexity index is 626. The molecule has 0 unspecified atom stereocenters. The number of halogens is 1. The molecule has 7 nitrogen and oxygen atoms in total. The van der Waals surface area contributed by atoms with Crippen molar-refractivity contribution in [2.24, 2.45) is 0 Å². The van der Waals surface area contributed by atoms with Gasteiger partial charge in [-0.1, -0.05) is 11.6 Å². The number of carbonyl (C=O) groups is 1. The van der Waals surface area contributed by atoms with Crippen LogP contribution in [0.3, 0.4) is 0 Å². The average Bonchev–Trinajstić information content (AvgIpc) is 2.66. The molecule has 2 aromatic rings. The molecule has 0 spiro atoms. The highest BCUT2D eigenvalue weighted by Gasteiger charge is 2.18. The maximum Gasteiger partial charge on any atom is 0.513 e. The standard InChI is InChI=1S/C11H11ClN4O3/c1-6-10(19-11(17)18-3)7(2)16(15-6)9-4-8(12)13-5-14-9/h4-5H,1-3H3. The Morgan fingerprint density at radius 2 is 2.11 bits per heavy atom. The maximum atomic E-state index is 11.2. The fourth-order valence-corrected chi connectivity index (χ4v) is 1.71. The summed E-state index contributed by atoms with van der Waals surface area (Å²) in [4.78, 5) is 19.0. The van der Waals surface area contributed by atoms with Gasteiger partial charge < -0.3 is 9.47 Å². The largest absolute Gasteiger partial charge is 0.513 e. The molecule has 0 amide bonds. The van der Waals surface area contributed by atoms with Crippen LogP contribution in [-0.4, -0.2) is 33.0 Å². The number of carbonyl (C=O) groups excluding carboxylic acids is 1. The van der Waals surface area contributed by atoms with Crippen molar-refractivity contribution in [1.29, 1.82) is 0 Å². The molecule has 0 saturated heterocycles. The molecular weight excluding hydrogens is 272 g/mol. The zero-order valence-corrected chi connectivity index (χ0v) is 11.3. The van der Waals surface area contributed by atoms with Crippen molar-refractivity contribution in [2.45, 2.75) is 13.8 Å². The molecule has 0 saturated carbocycles. The molecule has 0 aromatic carbocycles. The van der Waals surface area contributed by atoms with E-state index >= 15 is 0 Å². The highest BCUT2D eigenvalue weighted by molar-refractivity contribution is 6.29. The van der Waals surface area contributed by atoms with Crippen LogP contribution in [0.4, 0.5) is 4.79 Å². The Hall–Kier alpha value is -2.15. The van der Waals surface area contributed by atoms with Crippen molar-refractivity contribution >= 4 is 17.8 Å².